The minimum atomic E-state index is -0.613. The van der Waals surface area contributed by atoms with Gasteiger partial charge in [-0.2, -0.15) is 5.10 Å². The number of methoxy groups -OCH3 is 1. The van der Waals surface area contributed by atoms with Crippen LogP contribution >= 0.6 is 35.0 Å². The molecule has 0 aliphatic carbocycles. The van der Waals surface area contributed by atoms with Gasteiger partial charge in [0.2, 0.25) is 11.8 Å². The zero-order valence-electron chi connectivity index (χ0n) is 16.1. The van der Waals surface area contributed by atoms with Crippen LogP contribution in [0.4, 0.5) is 5.69 Å². The number of nitrogens with zero attached hydrogens (tertiary/aromatic N) is 2. The van der Waals surface area contributed by atoms with Crippen LogP contribution in [0.5, 0.6) is 5.75 Å². The number of carbonyl (C=O) groups excluding carboxylic acids is 2. The lowest BCUT2D eigenvalue weighted by molar-refractivity contribution is -0.122. The summed E-state index contributed by atoms with van der Waals surface area (Å²) in [6.45, 7) is 1.81. The molecule has 2 aromatic carbocycles. The monoisotopic (exact) mass is 464 g/mol. The summed E-state index contributed by atoms with van der Waals surface area (Å²) in [5.74, 6) is 0.0889. The average Bonchev–Trinajstić information content (AvgIpc) is 3.08. The van der Waals surface area contributed by atoms with Crippen molar-refractivity contribution in [1.82, 2.24) is 5.32 Å². The second kappa shape index (κ2) is 9.97. The fraction of sp³-hybridized carbons (Fsp3) is 0.200. The smallest absolute Gasteiger partial charge is 0.240 e. The number of halogens is 2. The molecule has 0 radical (unpaired) electrons. The highest BCUT2D eigenvalue weighted by Crippen LogP contribution is 2.27. The van der Waals surface area contributed by atoms with Crippen molar-refractivity contribution in [3.63, 3.8) is 0 Å². The number of rotatable bonds is 6. The predicted octanol–water partition coefficient (Wildman–Crippen LogP) is 4.34. The van der Waals surface area contributed by atoms with Gasteiger partial charge in [-0.3, -0.25) is 9.59 Å². The van der Waals surface area contributed by atoms with Crippen LogP contribution in [0.25, 0.3) is 0 Å². The van der Waals surface area contributed by atoms with Crippen molar-refractivity contribution in [2.24, 2.45) is 10.2 Å². The molecule has 156 valence electrons. The molecule has 7 nitrogen and oxygen atoms in total. The molecule has 2 N–H and O–H groups in total. The van der Waals surface area contributed by atoms with E-state index in [0.29, 0.717) is 26.6 Å². The maximum Gasteiger partial charge on any atom is 0.240 e. The molecular weight excluding hydrogens is 447 g/mol. The van der Waals surface area contributed by atoms with Gasteiger partial charge in [0.05, 0.1) is 23.5 Å². The number of anilines is 1. The molecular formula is C20H18Cl2N4O3S. The Morgan fingerprint density at radius 1 is 1.23 bits per heavy atom. The Hall–Kier alpha value is -2.55. The second-order valence-corrected chi connectivity index (χ2v) is 8.33. The maximum absolute atomic E-state index is 12.3. The molecule has 1 saturated heterocycles. The molecule has 3 rings (SSSR count). The van der Waals surface area contributed by atoms with E-state index in [1.165, 1.54) is 0 Å². The number of nitrogens with one attached hydrogen (secondary N) is 2. The van der Waals surface area contributed by atoms with Crippen LogP contribution in [0, 0.1) is 0 Å². The number of ether oxygens (including phenoxy) is 1. The van der Waals surface area contributed by atoms with Crippen molar-refractivity contribution in [2.75, 3.05) is 12.4 Å². The van der Waals surface area contributed by atoms with Crippen LogP contribution in [-0.2, 0) is 9.59 Å². The fourth-order valence-corrected chi connectivity index (χ4v) is 3.81. The molecule has 1 aliphatic rings. The fourth-order valence-electron chi connectivity index (χ4n) is 2.56. The van der Waals surface area contributed by atoms with Gasteiger partial charge < -0.3 is 15.4 Å². The van der Waals surface area contributed by atoms with E-state index in [4.69, 9.17) is 27.9 Å². The van der Waals surface area contributed by atoms with Crippen molar-refractivity contribution < 1.29 is 14.3 Å². The molecule has 1 unspecified atom stereocenters. The molecule has 1 aliphatic heterocycles. The Morgan fingerprint density at radius 2 is 1.97 bits per heavy atom. The minimum absolute atomic E-state index is 0.0421. The molecule has 0 bridgehead atoms. The van der Waals surface area contributed by atoms with Gasteiger partial charge >= 0.3 is 0 Å². The lowest BCUT2D eigenvalue weighted by Crippen LogP contribution is -2.28. The molecule has 1 atom stereocenters. The van der Waals surface area contributed by atoms with Gasteiger partial charge in [0.25, 0.3) is 0 Å². The Bertz CT molecular complexity index is 1030. The van der Waals surface area contributed by atoms with E-state index in [9.17, 15) is 9.59 Å². The van der Waals surface area contributed by atoms with Gasteiger partial charge in [0.1, 0.15) is 11.0 Å². The second-order valence-electron chi connectivity index (χ2n) is 6.29. The van der Waals surface area contributed by atoms with Gasteiger partial charge in [0, 0.05) is 11.4 Å². The van der Waals surface area contributed by atoms with Crippen LogP contribution in [0.15, 0.2) is 52.7 Å². The Morgan fingerprint density at radius 3 is 2.67 bits per heavy atom. The van der Waals surface area contributed by atoms with E-state index < -0.39 is 5.25 Å². The largest absolute Gasteiger partial charge is 0.497 e. The highest BCUT2D eigenvalue weighted by molar-refractivity contribution is 8.15. The third-order valence-electron chi connectivity index (χ3n) is 4.15. The average molecular weight is 465 g/mol. The van der Waals surface area contributed by atoms with Crippen molar-refractivity contribution in [1.29, 1.82) is 0 Å². The van der Waals surface area contributed by atoms with Crippen molar-refractivity contribution in [3.8, 4) is 5.75 Å². The Labute approximate surface area is 187 Å². The first-order valence-electron chi connectivity index (χ1n) is 8.85. The zero-order chi connectivity index (χ0) is 21.7. The molecule has 1 fully saturated rings. The molecule has 2 aromatic rings. The van der Waals surface area contributed by atoms with E-state index in [1.807, 2.05) is 31.2 Å². The van der Waals surface area contributed by atoms with Gasteiger partial charge in [-0.1, -0.05) is 35.0 Å². The predicted molar refractivity (Wildman–Crippen MR) is 122 cm³/mol. The van der Waals surface area contributed by atoms with Crippen LogP contribution in [0.2, 0.25) is 10.0 Å². The lowest BCUT2D eigenvalue weighted by atomic mass is 10.1. The van der Waals surface area contributed by atoms with Crippen molar-refractivity contribution in [2.45, 2.75) is 18.6 Å². The minimum Gasteiger partial charge on any atom is -0.497 e. The topological polar surface area (TPSA) is 92.2 Å². The number of benzene rings is 2. The summed E-state index contributed by atoms with van der Waals surface area (Å²) in [5, 5.41) is 14.1. The lowest BCUT2D eigenvalue weighted by Gasteiger charge is -2.09. The van der Waals surface area contributed by atoms with Crippen LogP contribution in [0.1, 0.15) is 18.9 Å². The van der Waals surface area contributed by atoms with Crippen molar-refractivity contribution >= 4 is 63.3 Å². The Kier molecular flexibility index (Phi) is 7.36. The molecule has 1 heterocycles. The maximum atomic E-state index is 12.3. The summed E-state index contributed by atoms with van der Waals surface area (Å²) >= 11 is 13.1. The molecule has 0 aromatic heterocycles. The molecule has 30 heavy (non-hydrogen) atoms. The van der Waals surface area contributed by atoms with E-state index in [0.717, 1.165) is 23.1 Å². The van der Waals surface area contributed by atoms with Gasteiger partial charge in [-0.25, -0.2) is 0 Å². The highest BCUT2D eigenvalue weighted by atomic mass is 35.5. The quantitative estimate of drug-likeness (QED) is 0.491. The summed E-state index contributed by atoms with van der Waals surface area (Å²) in [6.07, 6.45) is -0.0421. The summed E-state index contributed by atoms with van der Waals surface area (Å²) in [4.78, 5) is 24.5. The zero-order valence-corrected chi connectivity index (χ0v) is 18.4. The van der Waals surface area contributed by atoms with Crippen LogP contribution in [-0.4, -0.2) is 35.1 Å². The van der Waals surface area contributed by atoms with Crippen molar-refractivity contribution in [3.05, 3.63) is 58.1 Å². The normalized spacial score (nSPS) is 17.7. The van der Waals surface area contributed by atoms with Gasteiger partial charge in [-0.05, 0) is 55.0 Å². The third-order valence-corrected chi connectivity index (χ3v) is 5.79. The summed E-state index contributed by atoms with van der Waals surface area (Å²) in [5.41, 5.74) is 1.95. The summed E-state index contributed by atoms with van der Waals surface area (Å²) in [7, 11) is 1.60. The molecule has 2 amide bonds. The van der Waals surface area contributed by atoms with E-state index in [1.54, 1.807) is 25.3 Å². The molecule has 10 heteroatoms. The summed E-state index contributed by atoms with van der Waals surface area (Å²) < 4.78 is 5.13. The Balaban J connectivity index is 1.61. The first kappa shape index (κ1) is 22.1. The van der Waals surface area contributed by atoms with Crippen LogP contribution in [0.3, 0.4) is 0 Å². The number of hydrogen-bond donors (Lipinski definition) is 2. The first-order valence-corrected chi connectivity index (χ1v) is 10.5. The molecule has 0 spiro atoms. The number of amides is 2. The number of carbonyl (C=O) groups is 2. The molecule has 0 saturated carbocycles. The SMILES string of the molecule is COc1ccc(/C(C)=N/N=C2/NC(=O)C(CC(=O)Nc3cc(Cl)ccc3Cl)S2)cc1. The third kappa shape index (κ3) is 5.75. The summed E-state index contributed by atoms with van der Waals surface area (Å²) in [6, 6.07) is 12.1. The first-order chi connectivity index (χ1) is 14.4. The number of amidine groups is 1. The standard InChI is InChI=1S/C20H18Cl2N4O3S/c1-11(12-3-6-14(29-2)7-4-12)25-26-20-24-19(28)17(30-20)10-18(27)23-16-9-13(21)5-8-15(16)22/h3-9,17H,10H2,1-2H3,(H,23,27)(H,24,26,28)/b25-11+. The highest BCUT2D eigenvalue weighted by Gasteiger charge is 2.32. The van der Waals surface area contributed by atoms with Crippen LogP contribution < -0.4 is 15.4 Å². The van der Waals surface area contributed by atoms with E-state index in [-0.39, 0.29) is 18.2 Å². The number of hydrogen-bond acceptors (Lipinski definition) is 6. The van der Waals surface area contributed by atoms with Gasteiger partial charge in [-0.15, -0.1) is 5.10 Å². The van der Waals surface area contributed by atoms with E-state index in [2.05, 4.69) is 20.8 Å². The van der Waals surface area contributed by atoms with E-state index >= 15 is 0 Å². The van der Waals surface area contributed by atoms with Gasteiger partial charge in [0.15, 0.2) is 5.17 Å². The number of thioether (sulfide) groups is 1.